The number of carbonyl (C=O) groups excluding carboxylic acids is 1. The molecule has 1 atom stereocenters. The van der Waals surface area contributed by atoms with E-state index in [4.69, 9.17) is 4.42 Å². The summed E-state index contributed by atoms with van der Waals surface area (Å²) in [5.41, 5.74) is 5.14. The van der Waals surface area contributed by atoms with Crippen LogP contribution in [0.15, 0.2) is 89.3 Å². The minimum Gasteiger partial charge on any atom is -0.436 e. The average Bonchev–Trinajstić information content (AvgIpc) is 3.27. The lowest BCUT2D eigenvalue weighted by atomic mass is 9.98. The number of carbonyl (C=O) groups is 1. The van der Waals surface area contributed by atoms with Gasteiger partial charge in [-0.1, -0.05) is 50.2 Å². The van der Waals surface area contributed by atoms with Crippen LogP contribution in [0.3, 0.4) is 0 Å². The van der Waals surface area contributed by atoms with Crippen molar-refractivity contribution in [3.63, 3.8) is 0 Å². The van der Waals surface area contributed by atoms with Crippen molar-refractivity contribution in [2.45, 2.75) is 26.2 Å². The van der Waals surface area contributed by atoms with Crippen molar-refractivity contribution in [2.75, 3.05) is 5.32 Å². The molecule has 0 aliphatic heterocycles. The molecule has 32 heavy (non-hydrogen) atoms. The molecule has 0 aliphatic rings. The molecule has 4 nitrogen and oxygen atoms in total. The summed E-state index contributed by atoms with van der Waals surface area (Å²) in [6.45, 7) is 4.40. The van der Waals surface area contributed by atoms with Crippen LogP contribution in [0, 0.1) is 0 Å². The predicted octanol–water partition coefficient (Wildman–Crippen LogP) is 7.41. The molecule has 158 valence electrons. The highest BCUT2D eigenvalue weighted by molar-refractivity contribution is 6.06. The van der Waals surface area contributed by atoms with Crippen molar-refractivity contribution < 1.29 is 9.21 Å². The van der Waals surface area contributed by atoms with Crippen molar-refractivity contribution in [3.05, 3.63) is 96.1 Å². The molecule has 0 saturated heterocycles. The molecule has 1 unspecified atom stereocenters. The first-order valence-corrected chi connectivity index (χ1v) is 10.9. The Kier molecular flexibility index (Phi) is 5.20. The number of hydrogen-bond donors (Lipinski definition) is 1. The molecule has 5 aromatic rings. The van der Waals surface area contributed by atoms with Crippen molar-refractivity contribution in [1.82, 2.24) is 4.98 Å². The van der Waals surface area contributed by atoms with Gasteiger partial charge in [0, 0.05) is 16.8 Å². The highest BCUT2D eigenvalue weighted by Gasteiger charge is 2.12. The summed E-state index contributed by atoms with van der Waals surface area (Å²) in [6, 6.07) is 27.5. The number of aromatic nitrogens is 1. The third-order valence-electron chi connectivity index (χ3n) is 5.99. The molecule has 0 radical (unpaired) electrons. The molecule has 5 rings (SSSR count). The topological polar surface area (TPSA) is 55.1 Å². The Morgan fingerprint density at radius 1 is 0.938 bits per heavy atom. The van der Waals surface area contributed by atoms with Crippen LogP contribution in [0.4, 0.5) is 5.69 Å². The van der Waals surface area contributed by atoms with Gasteiger partial charge < -0.3 is 9.73 Å². The smallest absolute Gasteiger partial charge is 0.255 e. The second-order valence-corrected chi connectivity index (χ2v) is 8.15. The van der Waals surface area contributed by atoms with Gasteiger partial charge in [-0.05, 0) is 77.2 Å². The standard InChI is InChI=1S/C28H24N2O2/c1-3-18(2)21-12-15-26-25(17-21)30-28(32-26)20-10-13-24(14-11-20)29-27(31)23-9-8-19-6-4-5-7-22(19)16-23/h4-18H,3H2,1-2H3,(H,29,31). The number of rotatable bonds is 5. The minimum atomic E-state index is -0.136. The zero-order valence-corrected chi connectivity index (χ0v) is 18.1. The van der Waals surface area contributed by atoms with Crippen LogP contribution in [0.25, 0.3) is 33.3 Å². The molecule has 1 amide bonds. The third-order valence-corrected chi connectivity index (χ3v) is 5.99. The summed E-state index contributed by atoms with van der Waals surface area (Å²) < 4.78 is 5.96. The fourth-order valence-corrected chi connectivity index (χ4v) is 3.84. The Morgan fingerprint density at radius 2 is 1.72 bits per heavy atom. The van der Waals surface area contributed by atoms with Crippen molar-refractivity contribution in [1.29, 1.82) is 0 Å². The van der Waals surface area contributed by atoms with Gasteiger partial charge in [-0.15, -0.1) is 0 Å². The first-order chi connectivity index (χ1) is 15.6. The SMILES string of the molecule is CCC(C)c1ccc2oc(-c3ccc(NC(=O)c4ccc5ccccc5c4)cc3)nc2c1. The normalized spacial score (nSPS) is 12.2. The maximum absolute atomic E-state index is 12.7. The van der Waals surface area contributed by atoms with E-state index in [0.717, 1.165) is 39.5 Å². The second kappa shape index (κ2) is 8.31. The van der Waals surface area contributed by atoms with Crippen molar-refractivity contribution in [3.8, 4) is 11.5 Å². The summed E-state index contributed by atoms with van der Waals surface area (Å²) in [5.74, 6) is 0.932. The summed E-state index contributed by atoms with van der Waals surface area (Å²) in [6.07, 6.45) is 1.09. The molecule has 1 N–H and O–H groups in total. The Balaban J connectivity index is 1.34. The summed E-state index contributed by atoms with van der Waals surface area (Å²) in [4.78, 5) is 17.4. The lowest BCUT2D eigenvalue weighted by Gasteiger charge is -2.07. The molecular weight excluding hydrogens is 396 g/mol. The number of oxazole rings is 1. The number of anilines is 1. The Hall–Kier alpha value is -3.92. The van der Waals surface area contributed by atoms with Gasteiger partial charge in [0.1, 0.15) is 5.52 Å². The third kappa shape index (κ3) is 3.87. The monoisotopic (exact) mass is 420 g/mol. The van der Waals surface area contributed by atoms with E-state index < -0.39 is 0 Å². The van der Waals surface area contributed by atoms with Crippen LogP contribution in [0.2, 0.25) is 0 Å². The maximum atomic E-state index is 12.7. The van der Waals surface area contributed by atoms with Gasteiger partial charge in [0.2, 0.25) is 5.89 Å². The molecule has 4 heteroatoms. The van der Waals surface area contributed by atoms with Crippen LogP contribution >= 0.6 is 0 Å². The number of benzene rings is 4. The first-order valence-electron chi connectivity index (χ1n) is 10.9. The Labute approximate surface area is 186 Å². The molecule has 0 aliphatic carbocycles. The number of amides is 1. The molecule has 0 bridgehead atoms. The molecule has 4 aromatic carbocycles. The van der Waals surface area contributed by atoms with Gasteiger partial charge in [-0.3, -0.25) is 4.79 Å². The molecule has 1 aromatic heterocycles. The quantitative estimate of drug-likeness (QED) is 0.322. The van der Waals surface area contributed by atoms with Crippen LogP contribution in [0.5, 0.6) is 0 Å². The van der Waals surface area contributed by atoms with E-state index in [1.165, 1.54) is 5.56 Å². The van der Waals surface area contributed by atoms with Crippen LogP contribution < -0.4 is 5.32 Å². The Morgan fingerprint density at radius 3 is 2.50 bits per heavy atom. The van der Waals surface area contributed by atoms with Gasteiger partial charge in [0.25, 0.3) is 5.91 Å². The van der Waals surface area contributed by atoms with Gasteiger partial charge >= 0.3 is 0 Å². The molecular formula is C28H24N2O2. The zero-order chi connectivity index (χ0) is 22.1. The van der Waals surface area contributed by atoms with E-state index >= 15 is 0 Å². The molecule has 1 heterocycles. The lowest BCUT2D eigenvalue weighted by molar-refractivity contribution is 0.102. The van der Waals surface area contributed by atoms with E-state index in [1.54, 1.807) is 0 Å². The molecule has 0 spiro atoms. The highest BCUT2D eigenvalue weighted by atomic mass is 16.3. The van der Waals surface area contributed by atoms with E-state index in [1.807, 2.05) is 72.8 Å². The van der Waals surface area contributed by atoms with Gasteiger partial charge in [-0.25, -0.2) is 4.98 Å². The van der Waals surface area contributed by atoms with E-state index in [-0.39, 0.29) is 5.91 Å². The van der Waals surface area contributed by atoms with Crippen molar-refractivity contribution >= 4 is 33.5 Å². The van der Waals surface area contributed by atoms with Gasteiger partial charge in [-0.2, -0.15) is 0 Å². The van der Waals surface area contributed by atoms with E-state index in [0.29, 0.717) is 17.4 Å². The average molecular weight is 421 g/mol. The predicted molar refractivity (Wildman–Crippen MR) is 130 cm³/mol. The maximum Gasteiger partial charge on any atom is 0.255 e. The number of fused-ring (bicyclic) bond motifs is 2. The number of nitrogens with zero attached hydrogens (tertiary/aromatic N) is 1. The molecule has 0 fully saturated rings. The summed E-state index contributed by atoms with van der Waals surface area (Å²) in [5, 5.41) is 5.12. The summed E-state index contributed by atoms with van der Waals surface area (Å²) in [7, 11) is 0. The summed E-state index contributed by atoms with van der Waals surface area (Å²) >= 11 is 0. The van der Waals surface area contributed by atoms with Gasteiger partial charge in [0.15, 0.2) is 5.58 Å². The minimum absolute atomic E-state index is 0.136. The highest BCUT2D eigenvalue weighted by Crippen LogP contribution is 2.28. The van der Waals surface area contributed by atoms with Crippen molar-refractivity contribution in [2.24, 2.45) is 0 Å². The second-order valence-electron chi connectivity index (χ2n) is 8.15. The van der Waals surface area contributed by atoms with Crippen LogP contribution in [0.1, 0.15) is 42.1 Å². The largest absolute Gasteiger partial charge is 0.436 e. The van der Waals surface area contributed by atoms with Crippen LogP contribution in [-0.4, -0.2) is 10.9 Å². The number of hydrogen-bond acceptors (Lipinski definition) is 3. The number of nitrogens with one attached hydrogen (secondary N) is 1. The van der Waals surface area contributed by atoms with Gasteiger partial charge in [0.05, 0.1) is 0 Å². The Bertz CT molecular complexity index is 1420. The fourth-order valence-electron chi connectivity index (χ4n) is 3.84. The first kappa shape index (κ1) is 20.0. The fraction of sp³-hybridized carbons (Fsp3) is 0.143. The zero-order valence-electron chi connectivity index (χ0n) is 18.1. The molecule has 0 saturated carbocycles. The van der Waals surface area contributed by atoms with Crippen LogP contribution in [-0.2, 0) is 0 Å². The lowest BCUT2D eigenvalue weighted by Crippen LogP contribution is -2.11. The van der Waals surface area contributed by atoms with E-state index in [2.05, 4.69) is 36.3 Å². The van der Waals surface area contributed by atoms with E-state index in [9.17, 15) is 4.79 Å².